The minimum Gasteiger partial charge on any atom is -1.00 e. The summed E-state index contributed by atoms with van der Waals surface area (Å²) < 4.78 is 0.344. The number of unbranched alkanes of at least 4 members (excludes halogenated alkanes) is 11. The van der Waals surface area contributed by atoms with Crippen LogP contribution in [0.5, 0.6) is 0 Å². The van der Waals surface area contributed by atoms with Crippen LogP contribution in [-0.4, -0.2) is 24.5 Å². The average molecular weight is 462 g/mol. The fourth-order valence-electron chi connectivity index (χ4n) is 4.21. The van der Waals surface area contributed by atoms with E-state index in [0.29, 0.717) is 16.8 Å². The molecule has 1 rings (SSSR count). The molecule has 0 heterocycles. The van der Waals surface area contributed by atoms with Gasteiger partial charge in [-0.2, -0.15) is 0 Å². The number of hydrogen-bond acceptors (Lipinski definition) is 1. The fraction of sp³-hybridized carbons (Fsp3) is 0.621. The van der Waals surface area contributed by atoms with Crippen LogP contribution in [0.1, 0.15) is 108 Å². The minimum atomic E-state index is 0. The van der Waals surface area contributed by atoms with Crippen molar-refractivity contribution in [2.75, 3.05) is 14.1 Å². The van der Waals surface area contributed by atoms with Gasteiger partial charge in [0.2, 0.25) is 0 Å². The van der Waals surface area contributed by atoms with Crippen molar-refractivity contribution in [2.24, 2.45) is 0 Å². The first-order chi connectivity index (χ1) is 15.0. The monoisotopic (exact) mass is 461 g/mol. The Labute approximate surface area is 205 Å². The molecule has 0 saturated heterocycles. The van der Waals surface area contributed by atoms with E-state index >= 15 is 0 Å². The molecule has 1 aromatic rings. The highest BCUT2D eigenvalue weighted by Crippen LogP contribution is 2.27. The zero-order valence-electron chi connectivity index (χ0n) is 21.0. The zero-order valence-corrected chi connectivity index (χ0v) is 21.8. The summed E-state index contributed by atoms with van der Waals surface area (Å²) in [7, 11) is 4.03. The first-order valence-corrected chi connectivity index (χ1v) is 12.7. The van der Waals surface area contributed by atoms with E-state index in [1.54, 1.807) is 0 Å². The van der Waals surface area contributed by atoms with Crippen LogP contribution < -0.4 is 12.4 Å². The number of carbonyl (C=O) groups is 1. The highest BCUT2D eigenvalue weighted by Gasteiger charge is 2.34. The van der Waals surface area contributed by atoms with Crippen LogP contribution in [0.3, 0.4) is 0 Å². The van der Waals surface area contributed by atoms with Gasteiger partial charge in [0.15, 0.2) is 0 Å². The van der Waals surface area contributed by atoms with Crippen LogP contribution in [0, 0.1) is 0 Å². The Morgan fingerprint density at radius 3 is 1.88 bits per heavy atom. The number of carbonyl (C=O) groups excluding carboxylic acids is 1. The van der Waals surface area contributed by atoms with E-state index in [1.807, 2.05) is 38.4 Å². The first-order valence-electron chi connectivity index (χ1n) is 12.7. The van der Waals surface area contributed by atoms with Crippen molar-refractivity contribution in [3.8, 4) is 0 Å². The number of nitrogens with zero attached hydrogens (tertiary/aromatic N) is 1. The summed E-state index contributed by atoms with van der Waals surface area (Å²) in [6.45, 7) is 6.26. The molecule has 182 valence electrons. The molecule has 0 aliphatic carbocycles. The molecule has 0 spiro atoms. The molecule has 0 aromatic heterocycles. The van der Waals surface area contributed by atoms with Crippen molar-refractivity contribution in [3.05, 3.63) is 60.7 Å². The molecule has 1 amide bonds. The van der Waals surface area contributed by atoms with E-state index in [1.165, 1.54) is 70.6 Å². The number of benzene rings is 1. The van der Waals surface area contributed by atoms with Crippen molar-refractivity contribution in [1.29, 1.82) is 0 Å². The third kappa shape index (κ3) is 12.6. The lowest BCUT2D eigenvalue weighted by atomic mass is 10.0. The molecule has 32 heavy (non-hydrogen) atoms. The summed E-state index contributed by atoms with van der Waals surface area (Å²) in [5.41, 5.74) is 1.15. The number of halogens is 1. The number of rotatable bonds is 18. The normalized spacial score (nSPS) is 12.5. The van der Waals surface area contributed by atoms with Gasteiger partial charge in [-0.1, -0.05) is 107 Å². The molecule has 2 nitrogen and oxygen atoms in total. The van der Waals surface area contributed by atoms with Crippen LogP contribution in [0.25, 0.3) is 0 Å². The average Bonchev–Trinajstić information content (AvgIpc) is 2.77. The third-order valence-electron chi connectivity index (χ3n) is 6.36. The topological polar surface area (TPSA) is 17.1 Å². The molecular formula is C29H48ClNO. The molecule has 0 radical (unpaired) electrons. The maximum absolute atomic E-state index is 12.9. The Morgan fingerprint density at radius 2 is 1.34 bits per heavy atom. The Kier molecular flexibility index (Phi) is 18.3. The molecule has 0 aliphatic rings. The van der Waals surface area contributed by atoms with Crippen molar-refractivity contribution < 1.29 is 21.7 Å². The van der Waals surface area contributed by atoms with Crippen molar-refractivity contribution in [3.63, 3.8) is 0 Å². The fourth-order valence-corrected chi connectivity index (χ4v) is 4.21. The van der Waals surface area contributed by atoms with Gasteiger partial charge in [0.1, 0.15) is 6.04 Å². The van der Waals surface area contributed by atoms with Gasteiger partial charge in [-0.15, -0.1) is 0 Å². The Hall–Kier alpha value is -1.38. The minimum absolute atomic E-state index is 0. The second-order valence-corrected chi connectivity index (χ2v) is 9.36. The van der Waals surface area contributed by atoms with Crippen molar-refractivity contribution in [2.45, 2.75) is 103 Å². The van der Waals surface area contributed by atoms with E-state index in [-0.39, 0.29) is 18.4 Å². The number of hydrogen-bond donors (Lipinski definition) is 0. The van der Waals surface area contributed by atoms with Crippen LogP contribution in [0.15, 0.2) is 55.1 Å². The maximum Gasteiger partial charge on any atom is 0.314 e. The van der Waals surface area contributed by atoms with E-state index < -0.39 is 0 Å². The molecular weight excluding hydrogens is 414 g/mol. The lowest BCUT2D eigenvalue weighted by molar-refractivity contribution is -0.839. The molecule has 0 N–H and O–H groups in total. The first kappa shape index (κ1) is 30.6. The second-order valence-electron chi connectivity index (χ2n) is 9.36. The highest BCUT2D eigenvalue weighted by molar-refractivity contribution is 5.69. The maximum atomic E-state index is 12.9. The summed E-state index contributed by atoms with van der Waals surface area (Å²) >= 11 is 0. The Bertz CT molecular complexity index is 623. The molecule has 0 aliphatic heterocycles. The summed E-state index contributed by atoms with van der Waals surface area (Å²) in [5, 5.41) is 0. The Morgan fingerprint density at radius 1 is 0.844 bits per heavy atom. The summed E-state index contributed by atoms with van der Waals surface area (Å²) in [4.78, 5) is 12.9. The van der Waals surface area contributed by atoms with E-state index in [0.717, 1.165) is 18.4 Å². The van der Waals surface area contributed by atoms with Crippen LogP contribution >= 0.6 is 0 Å². The van der Waals surface area contributed by atoms with Gasteiger partial charge in [-0.3, -0.25) is 4.48 Å². The zero-order chi connectivity index (χ0) is 22.8. The lowest BCUT2D eigenvalue weighted by Crippen LogP contribution is -3.00. The van der Waals surface area contributed by atoms with Gasteiger partial charge < -0.3 is 12.4 Å². The van der Waals surface area contributed by atoms with Gasteiger partial charge >= 0.3 is 5.91 Å². The van der Waals surface area contributed by atoms with Gasteiger partial charge in [-0.25, -0.2) is 4.79 Å². The molecule has 1 unspecified atom stereocenters. The predicted octanol–water partition coefficient (Wildman–Crippen LogP) is 5.56. The molecule has 0 saturated carbocycles. The SMILES string of the molecule is C=CC(c1ccccc1)[N+](C)(C)C(=O)CCCCCCCC=CCCCCCCCC.[Cl-]. The van der Waals surface area contributed by atoms with Crippen LogP contribution in [0.2, 0.25) is 0 Å². The van der Waals surface area contributed by atoms with Crippen molar-refractivity contribution in [1.82, 2.24) is 0 Å². The second kappa shape index (κ2) is 19.1. The third-order valence-corrected chi connectivity index (χ3v) is 6.36. The summed E-state index contributed by atoms with van der Waals surface area (Å²) in [5.74, 6) is 0.298. The number of allylic oxidation sites excluding steroid dienone is 2. The lowest BCUT2D eigenvalue weighted by Gasteiger charge is -2.34. The molecule has 0 bridgehead atoms. The quantitative estimate of drug-likeness (QED) is 0.159. The number of amides is 1. The van der Waals surface area contributed by atoms with E-state index in [4.69, 9.17) is 0 Å². The van der Waals surface area contributed by atoms with E-state index in [9.17, 15) is 4.79 Å². The smallest absolute Gasteiger partial charge is 0.314 e. The number of likely N-dealkylation sites (N-methyl/N-ethyl adjacent to an activating group) is 1. The molecule has 1 aromatic carbocycles. The molecule has 1 atom stereocenters. The largest absolute Gasteiger partial charge is 1.00 e. The van der Waals surface area contributed by atoms with Crippen LogP contribution in [0.4, 0.5) is 0 Å². The number of quaternary nitrogens is 1. The molecule has 3 heteroatoms. The van der Waals surface area contributed by atoms with Gasteiger partial charge in [-0.05, 0) is 38.2 Å². The molecule has 0 fully saturated rings. The summed E-state index contributed by atoms with van der Waals surface area (Å²) in [6.07, 6.45) is 23.9. The van der Waals surface area contributed by atoms with Crippen molar-refractivity contribution >= 4 is 5.91 Å². The Balaban J connectivity index is 0.00000961. The summed E-state index contributed by atoms with van der Waals surface area (Å²) in [6, 6.07) is 10.2. The van der Waals surface area contributed by atoms with Gasteiger partial charge in [0.05, 0.1) is 20.5 Å². The highest BCUT2D eigenvalue weighted by atomic mass is 35.5. The standard InChI is InChI=1S/C29H48NO.ClH/c1-5-7-8-9-10-11-12-13-14-15-16-17-18-19-23-26-29(31)30(3,4)28(6-2)27-24-21-20-22-25-27;/h6,13-14,20-22,24-25,28H,2,5,7-12,15-19,23,26H2,1,3-4H3;1H/q+1;/p-1. The predicted molar refractivity (Wildman–Crippen MR) is 136 cm³/mol. The van der Waals surface area contributed by atoms with Gasteiger partial charge in [0, 0.05) is 5.56 Å². The van der Waals surface area contributed by atoms with Crippen LogP contribution in [-0.2, 0) is 4.79 Å². The van der Waals surface area contributed by atoms with E-state index in [2.05, 4.69) is 37.8 Å². The van der Waals surface area contributed by atoms with Gasteiger partial charge in [0.25, 0.3) is 0 Å².